The molecule has 0 aromatic carbocycles. The second-order valence-electron chi connectivity index (χ2n) is 3.22. The Kier molecular flexibility index (Phi) is 2.96. The number of carbonyl (C=O) groups excluding carboxylic acids is 1. The van der Waals surface area contributed by atoms with E-state index in [1.54, 1.807) is 0 Å². The largest absolute Gasteiger partial charge is 0.417 e. The lowest BCUT2D eigenvalue weighted by molar-refractivity contribution is -0.137. The number of hydrogen-bond donors (Lipinski definition) is 2. The van der Waals surface area contributed by atoms with Gasteiger partial charge >= 0.3 is 6.18 Å². The summed E-state index contributed by atoms with van der Waals surface area (Å²) in [5.74, 6) is -0.595. The van der Waals surface area contributed by atoms with Crippen molar-refractivity contribution in [1.29, 1.82) is 0 Å². The van der Waals surface area contributed by atoms with Crippen LogP contribution < -0.4 is 5.32 Å². The molecule has 0 fully saturated rings. The standard InChI is InChI=1S/C9H6F3N5O/c10-9(11,12)5-1-2-6(13-3-5)7(18)16-8-14-4-15-17-8/h1-4H,(H2,14,15,16,17,18). The minimum absolute atomic E-state index is 0.0849. The summed E-state index contributed by atoms with van der Waals surface area (Å²) in [6, 6.07) is 1.76. The minimum Gasteiger partial charge on any atom is -0.289 e. The normalized spacial score (nSPS) is 11.3. The second kappa shape index (κ2) is 4.43. The third-order valence-corrected chi connectivity index (χ3v) is 1.97. The molecule has 1 amide bonds. The fourth-order valence-corrected chi connectivity index (χ4v) is 1.13. The smallest absolute Gasteiger partial charge is 0.289 e. The molecule has 2 rings (SSSR count). The summed E-state index contributed by atoms with van der Waals surface area (Å²) in [5.41, 5.74) is -1.07. The maximum absolute atomic E-state index is 12.3. The SMILES string of the molecule is O=C(Nc1ncn[nH]1)c1ccc(C(F)(F)F)cn1. The van der Waals surface area contributed by atoms with E-state index in [0.29, 0.717) is 6.20 Å². The van der Waals surface area contributed by atoms with Gasteiger partial charge in [0, 0.05) is 6.20 Å². The molecule has 9 heteroatoms. The molecule has 2 aromatic rings. The molecule has 2 heterocycles. The number of nitrogens with one attached hydrogen (secondary N) is 2. The fraction of sp³-hybridized carbons (Fsp3) is 0.111. The maximum Gasteiger partial charge on any atom is 0.417 e. The van der Waals surface area contributed by atoms with Gasteiger partial charge in [0.15, 0.2) is 0 Å². The number of carbonyl (C=O) groups is 1. The van der Waals surface area contributed by atoms with Crippen LogP contribution in [-0.4, -0.2) is 26.1 Å². The Bertz CT molecular complexity index is 534. The number of rotatable bonds is 2. The van der Waals surface area contributed by atoms with E-state index in [2.05, 4.69) is 25.5 Å². The average Bonchev–Trinajstić information content (AvgIpc) is 2.81. The number of aromatic amines is 1. The van der Waals surface area contributed by atoms with Gasteiger partial charge < -0.3 is 0 Å². The highest BCUT2D eigenvalue weighted by molar-refractivity contribution is 6.01. The highest BCUT2D eigenvalue weighted by Crippen LogP contribution is 2.28. The predicted molar refractivity (Wildman–Crippen MR) is 53.6 cm³/mol. The molecule has 0 radical (unpaired) electrons. The van der Waals surface area contributed by atoms with E-state index in [4.69, 9.17) is 0 Å². The third kappa shape index (κ3) is 2.62. The number of alkyl halides is 3. The van der Waals surface area contributed by atoms with Gasteiger partial charge in [-0.15, -0.1) is 0 Å². The van der Waals surface area contributed by atoms with Crippen molar-refractivity contribution in [3.05, 3.63) is 35.9 Å². The summed E-state index contributed by atoms with van der Waals surface area (Å²) in [7, 11) is 0. The van der Waals surface area contributed by atoms with Crippen LogP contribution in [-0.2, 0) is 6.18 Å². The molecule has 0 spiro atoms. The molecule has 18 heavy (non-hydrogen) atoms. The molecule has 0 unspecified atom stereocenters. The number of anilines is 1. The van der Waals surface area contributed by atoms with Gasteiger partial charge in [-0.3, -0.25) is 15.1 Å². The van der Waals surface area contributed by atoms with Crippen molar-refractivity contribution in [1.82, 2.24) is 20.2 Å². The first-order valence-corrected chi connectivity index (χ1v) is 4.67. The van der Waals surface area contributed by atoms with Crippen LogP contribution in [0.5, 0.6) is 0 Å². The number of hydrogen-bond acceptors (Lipinski definition) is 4. The molecule has 94 valence electrons. The number of halogens is 3. The molecule has 0 atom stereocenters. The van der Waals surface area contributed by atoms with E-state index in [1.165, 1.54) is 6.33 Å². The van der Waals surface area contributed by atoms with Gasteiger partial charge in [0.25, 0.3) is 5.91 Å². The van der Waals surface area contributed by atoms with Crippen LogP contribution in [0.15, 0.2) is 24.7 Å². The summed E-state index contributed by atoms with van der Waals surface area (Å²) < 4.78 is 36.8. The number of amides is 1. The highest BCUT2D eigenvalue weighted by atomic mass is 19.4. The average molecular weight is 257 g/mol. The van der Waals surface area contributed by atoms with Crippen molar-refractivity contribution < 1.29 is 18.0 Å². The minimum atomic E-state index is -4.48. The Morgan fingerprint density at radius 2 is 2.06 bits per heavy atom. The molecule has 2 aromatic heterocycles. The van der Waals surface area contributed by atoms with Crippen LogP contribution in [0.25, 0.3) is 0 Å². The molecule has 0 aliphatic rings. The number of pyridine rings is 1. The van der Waals surface area contributed by atoms with E-state index in [9.17, 15) is 18.0 Å². The van der Waals surface area contributed by atoms with Gasteiger partial charge in [0.1, 0.15) is 12.0 Å². The molecule has 0 saturated heterocycles. The van der Waals surface area contributed by atoms with Gasteiger partial charge in [-0.25, -0.2) is 5.10 Å². The highest BCUT2D eigenvalue weighted by Gasteiger charge is 2.30. The maximum atomic E-state index is 12.3. The van der Waals surface area contributed by atoms with Crippen LogP contribution in [0.1, 0.15) is 16.1 Å². The predicted octanol–water partition coefficient (Wildman–Crippen LogP) is 1.47. The zero-order valence-electron chi connectivity index (χ0n) is 8.69. The molecular weight excluding hydrogens is 251 g/mol. The summed E-state index contributed by atoms with van der Waals surface area (Å²) >= 11 is 0. The van der Waals surface area contributed by atoms with Gasteiger partial charge in [0.05, 0.1) is 5.56 Å². The second-order valence-corrected chi connectivity index (χ2v) is 3.22. The van der Waals surface area contributed by atoms with Crippen molar-refractivity contribution in [2.75, 3.05) is 5.32 Å². The number of nitrogens with zero attached hydrogens (tertiary/aromatic N) is 3. The zero-order valence-corrected chi connectivity index (χ0v) is 8.69. The van der Waals surface area contributed by atoms with E-state index in [0.717, 1.165) is 12.1 Å². The molecule has 2 N–H and O–H groups in total. The molecular formula is C9H6F3N5O. The first-order chi connectivity index (χ1) is 8.47. The summed E-state index contributed by atoms with van der Waals surface area (Å²) in [4.78, 5) is 18.6. The Hall–Kier alpha value is -2.45. The topological polar surface area (TPSA) is 83.6 Å². The lowest BCUT2D eigenvalue weighted by atomic mass is 10.2. The molecule has 0 aliphatic heterocycles. The number of aromatic nitrogens is 4. The van der Waals surface area contributed by atoms with E-state index < -0.39 is 17.6 Å². The van der Waals surface area contributed by atoms with Crippen molar-refractivity contribution in [3.8, 4) is 0 Å². The Morgan fingerprint density at radius 3 is 2.56 bits per heavy atom. The monoisotopic (exact) mass is 257 g/mol. The lowest BCUT2D eigenvalue weighted by Crippen LogP contribution is -2.15. The Morgan fingerprint density at radius 1 is 1.28 bits per heavy atom. The first kappa shape index (κ1) is 12.0. The fourth-order valence-electron chi connectivity index (χ4n) is 1.13. The van der Waals surface area contributed by atoms with Crippen LogP contribution in [0, 0.1) is 0 Å². The Balaban J connectivity index is 2.12. The molecule has 0 bridgehead atoms. The quantitative estimate of drug-likeness (QED) is 0.853. The lowest BCUT2D eigenvalue weighted by Gasteiger charge is -2.06. The third-order valence-electron chi connectivity index (χ3n) is 1.97. The van der Waals surface area contributed by atoms with Crippen molar-refractivity contribution in [2.24, 2.45) is 0 Å². The number of H-pyrrole nitrogens is 1. The molecule has 0 aliphatic carbocycles. The van der Waals surface area contributed by atoms with Crippen LogP contribution in [0.2, 0.25) is 0 Å². The first-order valence-electron chi connectivity index (χ1n) is 4.67. The summed E-state index contributed by atoms with van der Waals surface area (Å²) in [6.45, 7) is 0. The van der Waals surface area contributed by atoms with Gasteiger partial charge in [-0.05, 0) is 12.1 Å². The van der Waals surface area contributed by atoms with Crippen LogP contribution >= 0.6 is 0 Å². The van der Waals surface area contributed by atoms with E-state index >= 15 is 0 Å². The van der Waals surface area contributed by atoms with Gasteiger partial charge in [-0.1, -0.05) is 0 Å². The van der Waals surface area contributed by atoms with Gasteiger partial charge in [0.2, 0.25) is 5.95 Å². The summed E-state index contributed by atoms with van der Waals surface area (Å²) in [6.07, 6.45) is -2.71. The van der Waals surface area contributed by atoms with Crippen molar-refractivity contribution >= 4 is 11.9 Å². The van der Waals surface area contributed by atoms with Crippen molar-refractivity contribution in [3.63, 3.8) is 0 Å². The molecule has 6 nitrogen and oxygen atoms in total. The molecule has 0 saturated carbocycles. The summed E-state index contributed by atoms with van der Waals surface area (Å²) in [5, 5.41) is 8.15. The van der Waals surface area contributed by atoms with Crippen molar-refractivity contribution in [2.45, 2.75) is 6.18 Å². The zero-order chi connectivity index (χ0) is 13.2. The van der Waals surface area contributed by atoms with Crippen LogP contribution in [0.4, 0.5) is 19.1 Å². The van der Waals surface area contributed by atoms with E-state index in [-0.39, 0.29) is 11.6 Å². The van der Waals surface area contributed by atoms with Gasteiger partial charge in [-0.2, -0.15) is 23.3 Å². The Labute approximate surface area is 98.3 Å². The van der Waals surface area contributed by atoms with E-state index in [1.807, 2.05) is 0 Å². The van der Waals surface area contributed by atoms with Crippen LogP contribution in [0.3, 0.4) is 0 Å².